The number of nitrogen functional groups attached to an aromatic ring is 1. The second-order valence-electron chi connectivity index (χ2n) is 3.43. The lowest BCUT2D eigenvalue weighted by atomic mass is 10.2. The van der Waals surface area contributed by atoms with Crippen LogP contribution in [0.3, 0.4) is 0 Å². The van der Waals surface area contributed by atoms with Gasteiger partial charge >= 0.3 is 0 Å². The van der Waals surface area contributed by atoms with Crippen molar-refractivity contribution < 1.29 is 4.74 Å². The molecule has 0 radical (unpaired) electrons. The highest BCUT2D eigenvalue weighted by Gasteiger charge is 1.99. The molecule has 1 aromatic carbocycles. The number of ether oxygens (including phenoxy) is 1. The Hall–Kier alpha value is -0.700. The van der Waals surface area contributed by atoms with E-state index in [0.717, 1.165) is 16.8 Å². The van der Waals surface area contributed by atoms with Gasteiger partial charge in [0.2, 0.25) is 0 Å². The molecule has 3 heteroatoms. The van der Waals surface area contributed by atoms with Crippen molar-refractivity contribution in [3.8, 4) is 5.75 Å². The first-order chi connectivity index (χ1) is 6.08. The molecule has 0 amide bonds. The Labute approximate surface area is 87.2 Å². The number of halogens is 1. The Bertz CT molecular complexity index is 266. The number of hydrogen-bond acceptors (Lipinski definition) is 2. The van der Waals surface area contributed by atoms with Crippen LogP contribution in [-0.4, -0.2) is 6.61 Å². The first kappa shape index (κ1) is 10.4. The third-order valence-electron chi connectivity index (χ3n) is 1.48. The molecule has 0 bridgehead atoms. The van der Waals surface area contributed by atoms with Crippen molar-refractivity contribution in [1.29, 1.82) is 0 Å². The summed E-state index contributed by atoms with van der Waals surface area (Å²) in [5.74, 6) is 1.35. The van der Waals surface area contributed by atoms with Crippen molar-refractivity contribution in [2.45, 2.75) is 13.8 Å². The van der Waals surface area contributed by atoms with E-state index in [-0.39, 0.29) is 0 Å². The zero-order valence-electron chi connectivity index (χ0n) is 7.88. The highest BCUT2D eigenvalue weighted by Crippen LogP contribution is 2.23. The number of hydrogen-bond donors (Lipinski definition) is 1. The summed E-state index contributed by atoms with van der Waals surface area (Å²) < 4.78 is 6.47. The first-order valence-corrected chi connectivity index (χ1v) is 5.06. The molecule has 72 valence electrons. The van der Waals surface area contributed by atoms with E-state index in [2.05, 4.69) is 29.8 Å². The SMILES string of the molecule is CC(C)COc1cc(N)cc(Br)c1. The van der Waals surface area contributed by atoms with Crippen molar-refractivity contribution in [1.82, 2.24) is 0 Å². The Balaban J connectivity index is 2.66. The van der Waals surface area contributed by atoms with Gasteiger partial charge < -0.3 is 10.5 Å². The predicted octanol–water partition coefficient (Wildman–Crippen LogP) is 3.07. The molecule has 0 heterocycles. The minimum absolute atomic E-state index is 0.528. The molecular weight excluding hydrogens is 230 g/mol. The second kappa shape index (κ2) is 4.51. The van der Waals surface area contributed by atoms with E-state index < -0.39 is 0 Å². The lowest BCUT2D eigenvalue weighted by Crippen LogP contribution is -2.04. The molecule has 2 nitrogen and oxygen atoms in total. The molecule has 0 aliphatic rings. The zero-order chi connectivity index (χ0) is 9.84. The number of anilines is 1. The van der Waals surface area contributed by atoms with Gasteiger partial charge in [-0.2, -0.15) is 0 Å². The minimum Gasteiger partial charge on any atom is -0.493 e. The van der Waals surface area contributed by atoms with Crippen molar-refractivity contribution in [2.75, 3.05) is 12.3 Å². The van der Waals surface area contributed by atoms with Crippen molar-refractivity contribution in [2.24, 2.45) is 5.92 Å². The molecule has 2 N–H and O–H groups in total. The van der Waals surface area contributed by atoms with E-state index in [4.69, 9.17) is 10.5 Å². The van der Waals surface area contributed by atoms with Gasteiger partial charge in [-0.05, 0) is 18.1 Å². The van der Waals surface area contributed by atoms with E-state index in [1.54, 1.807) is 0 Å². The molecule has 13 heavy (non-hydrogen) atoms. The largest absolute Gasteiger partial charge is 0.493 e. The monoisotopic (exact) mass is 243 g/mol. The zero-order valence-corrected chi connectivity index (χ0v) is 9.47. The average Bonchev–Trinajstić information content (AvgIpc) is 1.99. The fourth-order valence-electron chi connectivity index (χ4n) is 0.931. The molecule has 0 aliphatic heterocycles. The molecule has 0 atom stereocenters. The van der Waals surface area contributed by atoms with Gasteiger partial charge in [0, 0.05) is 16.2 Å². The van der Waals surface area contributed by atoms with E-state index in [9.17, 15) is 0 Å². The van der Waals surface area contributed by atoms with Gasteiger partial charge in [-0.15, -0.1) is 0 Å². The molecule has 0 saturated heterocycles. The van der Waals surface area contributed by atoms with Gasteiger partial charge in [0.25, 0.3) is 0 Å². The molecule has 1 aromatic rings. The standard InChI is InChI=1S/C10H14BrNO/c1-7(2)6-13-10-4-8(11)3-9(12)5-10/h3-5,7H,6,12H2,1-2H3. The molecule has 0 fully saturated rings. The Morgan fingerprint density at radius 1 is 1.38 bits per heavy atom. The van der Waals surface area contributed by atoms with Gasteiger partial charge in [-0.25, -0.2) is 0 Å². The summed E-state index contributed by atoms with van der Waals surface area (Å²) in [7, 11) is 0. The Kier molecular flexibility index (Phi) is 3.60. The van der Waals surface area contributed by atoms with Crippen LogP contribution < -0.4 is 10.5 Å². The first-order valence-electron chi connectivity index (χ1n) is 4.27. The van der Waals surface area contributed by atoms with Gasteiger partial charge in [0.15, 0.2) is 0 Å². The van der Waals surface area contributed by atoms with Crippen LogP contribution in [0.25, 0.3) is 0 Å². The van der Waals surface area contributed by atoms with Crippen molar-refractivity contribution in [3.63, 3.8) is 0 Å². The maximum absolute atomic E-state index is 5.66. The maximum atomic E-state index is 5.66. The van der Waals surface area contributed by atoms with Crippen LogP contribution in [0.5, 0.6) is 5.75 Å². The normalized spacial score (nSPS) is 10.5. The van der Waals surface area contributed by atoms with Crippen LogP contribution in [0.1, 0.15) is 13.8 Å². The predicted molar refractivity (Wildman–Crippen MR) is 58.9 cm³/mol. The minimum atomic E-state index is 0.528. The summed E-state index contributed by atoms with van der Waals surface area (Å²) in [6.07, 6.45) is 0. The van der Waals surface area contributed by atoms with Crippen LogP contribution in [0.4, 0.5) is 5.69 Å². The van der Waals surface area contributed by atoms with E-state index in [0.29, 0.717) is 11.6 Å². The summed E-state index contributed by atoms with van der Waals surface area (Å²) in [6, 6.07) is 5.59. The summed E-state index contributed by atoms with van der Waals surface area (Å²) in [5.41, 5.74) is 6.37. The van der Waals surface area contributed by atoms with Crippen LogP contribution in [-0.2, 0) is 0 Å². The lowest BCUT2D eigenvalue weighted by Gasteiger charge is -2.09. The smallest absolute Gasteiger partial charge is 0.122 e. The van der Waals surface area contributed by atoms with Crippen LogP contribution >= 0.6 is 15.9 Å². The average molecular weight is 244 g/mol. The van der Waals surface area contributed by atoms with E-state index >= 15 is 0 Å². The fraction of sp³-hybridized carbons (Fsp3) is 0.400. The molecule has 0 aromatic heterocycles. The third-order valence-corrected chi connectivity index (χ3v) is 1.93. The highest BCUT2D eigenvalue weighted by atomic mass is 79.9. The highest BCUT2D eigenvalue weighted by molar-refractivity contribution is 9.10. The quantitative estimate of drug-likeness (QED) is 0.829. The molecule has 0 aliphatic carbocycles. The van der Waals surface area contributed by atoms with Gasteiger partial charge in [0.1, 0.15) is 5.75 Å². The molecule has 0 saturated carbocycles. The summed E-state index contributed by atoms with van der Waals surface area (Å²) >= 11 is 3.36. The van der Waals surface area contributed by atoms with Crippen molar-refractivity contribution in [3.05, 3.63) is 22.7 Å². The van der Waals surface area contributed by atoms with Crippen LogP contribution in [0.15, 0.2) is 22.7 Å². The summed E-state index contributed by atoms with van der Waals surface area (Å²) in [6.45, 7) is 4.94. The molecule has 1 rings (SSSR count). The Morgan fingerprint density at radius 3 is 2.62 bits per heavy atom. The molecule has 0 spiro atoms. The number of nitrogens with two attached hydrogens (primary N) is 1. The Morgan fingerprint density at radius 2 is 2.08 bits per heavy atom. The van der Waals surface area contributed by atoms with Crippen LogP contribution in [0, 0.1) is 5.92 Å². The fourth-order valence-corrected chi connectivity index (χ4v) is 1.42. The third kappa shape index (κ3) is 3.68. The second-order valence-corrected chi connectivity index (χ2v) is 4.34. The van der Waals surface area contributed by atoms with E-state index in [1.807, 2.05) is 18.2 Å². The van der Waals surface area contributed by atoms with E-state index in [1.165, 1.54) is 0 Å². The number of rotatable bonds is 3. The molecule has 0 unspecified atom stereocenters. The summed E-state index contributed by atoms with van der Waals surface area (Å²) in [4.78, 5) is 0. The number of benzene rings is 1. The van der Waals surface area contributed by atoms with Gasteiger partial charge in [-0.1, -0.05) is 29.8 Å². The van der Waals surface area contributed by atoms with Crippen molar-refractivity contribution >= 4 is 21.6 Å². The lowest BCUT2D eigenvalue weighted by molar-refractivity contribution is 0.271. The van der Waals surface area contributed by atoms with Gasteiger partial charge in [0.05, 0.1) is 6.61 Å². The molecular formula is C10H14BrNO. The maximum Gasteiger partial charge on any atom is 0.122 e. The van der Waals surface area contributed by atoms with Gasteiger partial charge in [-0.3, -0.25) is 0 Å². The summed E-state index contributed by atoms with van der Waals surface area (Å²) in [5, 5.41) is 0. The topological polar surface area (TPSA) is 35.2 Å². The van der Waals surface area contributed by atoms with Crippen LogP contribution in [0.2, 0.25) is 0 Å².